The molecule has 4 heteroatoms. The van der Waals surface area contributed by atoms with E-state index in [-0.39, 0.29) is 23.4 Å². The quantitative estimate of drug-likeness (QED) is 0.674. The van der Waals surface area contributed by atoms with Crippen molar-refractivity contribution >= 4 is 11.6 Å². The number of carbonyl (C=O) groups is 2. The number of fused-ring (bicyclic) bond motifs is 2. The predicted octanol–water partition coefficient (Wildman–Crippen LogP) is 0.837. The van der Waals surface area contributed by atoms with Gasteiger partial charge in [-0.2, -0.15) is 0 Å². The number of nitrogens with zero attached hydrogens (tertiary/aromatic N) is 1. The second-order valence-electron chi connectivity index (χ2n) is 7.87. The number of hydrogen-bond acceptors (Lipinski definition) is 3. The van der Waals surface area contributed by atoms with Gasteiger partial charge in [0.2, 0.25) is 0 Å². The fourth-order valence-corrected chi connectivity index (χ4v) is 4.86. The van der Waals surface area contributed by atoms with Gasteiger partial charge in [0, 0.05) is 31.1 Å². The summed E-state index contributed by atoms with van der Waals surface area (Å²) in [4.78, 5) is 27.4. The molecule has 0 radical (unpaired) electrons. The third-order valence-corrected chi connectivity index (χ3v) is 6.26. The van der Waals surface area contributed by atoms with Gasteiger partial charge in [-0.25, -0.2) is 0 Å². The zero-order valence-electron chi connectivity index (χ0n) is 14.0. The maximum absolute atomic E-state index is 12.4. The molecule has 124 valence electrons. The summed E-state index contributed by atoms with van der Waals surface area (Å²) in [6, 6.07) is 1.16. The molecule has 0 aromatic rings. The lowest BCUT2D eigenvalue weighted by molar-refractivity contribution is -0.702. The highest BCUT2D eigenvalue weighted by atomic mass is 16.1. The van der Waals surface area contributed by atoms with Crippen LogP contribution in [0.3, 0.4) is 0 Å². The van der Waals surface area contributed by atoms with E-state index in [1.165, 1.54) is 11.1 Å². The van der Waals surface area contributed by atoms with Crippen LogP contribution in [0.2, 0.25) is 0 Å². The summed E-state index contributed by atoms with van der Waals surface area (Å²) in [7, 11) is 2.24. The SMILES string of the molecule is CN1C[C@@H]2CC3=C[C@H](C(=O)CC3)[C@@H]3C=C(CCC3=O)C[C@H]1C[NH2+]2. The molecule has 1 saturated heterocycles. The van der Waals surface area contributed by atoms with Crippen molar-refractivity contribution in [2.45, 2.75) is 50.6 Å². The zero-order valence-corrected chi connectivity index (χ0v) is 14.0. The minimum absolute atomic E-state index is 0.183. The van der Waals surface area contributed by atoms with Crippen LogP contribution in [-0.2, 0) is 9.59 Å². The Hall–Kier alpha value is -1.26. The molecule has 5 rings (SSSR count). The molecule has 0 saturated carbocycles. The minimum Gasteiger partial charge on any atom is -0.341 e. The highest BCUT2D eigenvalue weighted by Gasteiger charge is 2.38. The van der Waals surface area contributed by atoms with E-state index in [1.807, 2.05) is 0 Å². The molecule has 3 heterocycles. The van der Waals surface area contributed by atoms with Crippen LogP contribution in [0, 0.1) is 11.8 Å². The lowest BCUT2D eigenvalue weighted by atomic mass is 9.73. The van der Waals surface area contributed by atoms with Crippen LogP contribution in [0.15, 0.2) is 23.3 Å². The number of hydrogen-bond donors (Lipinski definition) is 1. The Balaban J connectivity index is 1.73. The molecule has 4 atom stereocenters. The molecule has 0 unspecified atom stereocenters. The molecule has 6 bridgehead atoms. The number of rotatable bonds is 0. The average Bonchev–Trinajstić information content (AvgIpc) is 2.53. The predicted molar refractivity (Wildman–Crippen MR) is 87.9 cm³/mol. The maximum atomic E-state index is 12.4. The molecule has 0 aromatic heterocycles. The first-order valence-electron chi connectivity index (χ1n) is 9.08. The maximum Gasteiger partial charge on any atom is 0.141 e. The Labute approximate surface area is 138 Å². The van der Waals surface area contributed by atoms with E-state index in [2.05, 4.69) is 29.4 Å². The number of carbonyl (C=O) groups excluding carboxylic acids is 2. The second kappa shape index (κ2) is 5.99. The van der Waals surface area contributed by atoms with Gasteiger partial charge in [0.15, 0.2) is 0 Å². The normalized spacial score (nSPS) is 38.5. The van der Waals surface area contributed by atoms with Crippen LogP contribution in [-0.4, -0.2) is 48.7 Å². The van der Waals surface area contributed by atoms with E-state index in [9.17, 15) is 9.59 Å². The van der Waals surface area contributed by atoms with Crippen LogP contribution in [0.5, 0.6) is 0 Å². The molecule has 2 N–H and O–H groups in total. The van der Waals surface area contributed by atoms with Crippen molar-refractivity contribution in [3.63, 3.8) is 0 Å². The zero-order chi connectivity index (χ0) is 16.0. The third kappa shape index (κ3) is 2.94. The van der Waals surface area contributed by atoms with E-state index in [0.29, 0.717) is 24.9 Å². The smallest absolute Gasteiger partial charge is 0.141 e. The summed E-state index contributed by atoms with van der Waals surface area (Å²) >= 11 is 0. The topological polar surface area (TPSA) is 54.0 Å². The number of quaternary nitrogens is 1. The van der Waals surface area contributed by atoms with Gasteiger partial charge in [0.1, 0.15) is 17.6 Å². The molecule has 3 aliphatic heterocycles. The summed E-state index contributed by atoms with van der Waals surface area (Å²) in [5, 5.41) is 2.50. The highest BCUT2D eigenvalue weighted by Crippen LogP contribution is 2.35. The average molecular weight is 315 g/mol. The van der Waals surface area contributed by atoms with Gasteiger partial charge in [0.05, 0.1) is 19.1 Å². The van der Waals surface area contributed by atoms with Crippen molar-refractivity contribution in [2.24, 2.45) is 11.8 Å². The van der Waals surface area contributed by atoms with Crippen LogP contribution in [0.25, 0.3) is 0 Å². The molecule has 2 aliphatic carbocycles. The number of piperazine rings is 1. The Morgan fingerprint density at radius 3 is 2.17 bits per heavy atom. The van der Waals surface area contributed by atoms with Gasteiger partial charge < -0.3 is 5.32 Å². The van der Waals surface area contributed by atoms with Crippen molar-refractivity contribution in [2.75, 3.05) is 20.1 Å². The van der Waals surface area contributed by atoms with E-state index in [4.69, 9.17) is 0 Å². The fourth-order valence-electron chi connectivity index (χ4n) is 4.86. The Morgan fingerprint density at radius 1 is 0.957 bits per heavy atom. The number of nitrogens with two attached hydrogens (primary N) is 1. The third-order valence-electron chi connectivity index (χ3n) is 6.26. The summed E-state index contributed by atoms with van der Waals surface area (Å²) in [6.45, 7) is 2.27. The molecule has 4 nitrogen and oxygen atoms in total. The van der Waals surface area contributed by atoms with Gasteiger partial charge in [0.25, 0.3) is 0 Å². The lowest BCUT2D eigenvalue weighted by Crippen LogP contribution is -2.96. The number of ketones is 2. The van der Waals surface area contributed by atoms with Crippen LogP contribution in [0.4, 0.5) is 0 Å². The van der Waals surface area contributed by atoms with Gasteiger partial charge in [-0.1, -0.05) is 23.3 Å². The van der Waals surface area contributed by atoms with Crippen LogP contribution in [0.1, 0.15) is 38.5 Å². The Bertz CT molecular complexity index is 592. The molecule has 0 spiro atoms. The second-order valence-corrected chi connectivity index (χ2v) is 7.87. The Morgan fingerprint density at radius 2 is 1.57 bits per heavy atom. The standard InChI is InChI=1S/C19H26N2O2/c1-21-11-14-6-12-2-4-18(22)16(8-12)17-9-13(3-5-19(17)23)7-15(21)10-20-14/h8-9,14-17,20H,2-7,10-11H2,1H3/p+1/t14-,15-,16-,17-/m0/s1. The van der Waals surface area contributed by atoms with Crippen LogP contribution < -0.4 is 5.32 Å². The first kappa shape index (κ1) is 15.3. The van der Waals surface area contributed by atoms with E-state index >= 15 is 0 Å². The van der Waals surface area contributed by atoms with Crippen molar-refractivity contribution in [1.29, 1.82) is 0 Å². The number of likely N-dealkylation sites (N-methyl/N-ethyl adjacent to an activating group) is 1. The van der Waals surface area contributed by atoms with Crippen molar-refractivity contribution in [3.05, 3.63) is 23.3 Å². The largest absolute Gasteiger partial charge is 0.341 e. The Kier molecular flexibility index (Phi) is 3.98. The fraction of sp³-hybridized carbons (Fsp3) is 0.684. The number of Topliss-reactive ketones (excluding diaryl/α,β-unsaturated/α-hetero) is 2. The molecule has 23 heavy (non-hydrogen) atoms. The van der Waals surface area contributed by atoms with Gasteiger partial charge in [-0.05, 0) is 26.3 Å². The summed E-state index contributed by atoms with van der Waals surface area (Å²) in [6.07, 6.45) is 9.47. The van der Waals surface area contributed by atoms with E-state index in [0.717, 1.165) is 38.8 Å². The van der Waals surface area contributed by atoms with Crippen molar-refractivity contribution in [1.82, 2.24) is 4.90 Å². The number of allylic oxidation sites excluding steroid dienone is 2. The lowest BCUT2D eigenvalue weighted by Gasteiger charge is -2.38. The van der Waals surface area contributed by atoms with E-state index < -0.39 is 0 Å². The summed E-state index contributed by atoms with van der Waals surface area (Å²) in [5.74, 6) is 0.172. The van der Waals surface area contributed by atoms with E-state index in [1.54, 1.807) is 0 Å². The van der Waals surface area contributed by atoms with Gasteiger partial charge in [-0.15, -0.1) is 0 Å². The minimum atomic E-state index is -0.186. The molecular formula is C19H27N2O2+. The summed E-state index contributed by atoms with van der Waals surface area (Å²) in [5.41, 5.74) is 2.80. The molecule has 5 aliphatic rings. The monoisotopic (exact) mass is 315 g/mol. The van der Waals surface area contributed by atoms with Crippen LogP contribution >= 0.6 is 0 Å². The molecule has 0 amide bonds. The molecular weight excluding hydrogens is 288 g/mol. The van der Waals surface area contributed by atoms with Gasteiger partial charge >= 0.3 is 0 Å². The molecule has 0 aromatic carbocycles. The van der Waals surface area contributed by atoms with Gasteiger partial charge in [-0.3, -0.25) is 14.5 Å². The van der Waals surface area contributed by atoms with Crippen molar-refractivity contribution < 1.29 is 14.9 Å². The first-order valence-corrected chi connectivity index (χ1v) is 9.08. The van der Waals surface area contributed by atoms with Crippen molar-refractivity contribution in [3.8, 4) is 0 Å². The first-order chi connectivity index (χ1) is 11.1. The molecule has 1 fully saturated rings. The highest BCUT2D eigenvalue weighted by molar-refractivity contribution is 5.93. The summed E-state index contributed by atoms with van der Waals surface area (Å²) < 4.78 is 0.